The van der Waals surface area contributed by atoms with E-state index in [1.807, 2.05) is 7.05 Å². The van der Waals surface area contributed by atoms with Gasteiger partial charge in [-0.3, -0.25) is 9.89 Å². The lowest BCUT2D eigenvalue weighted by Crippen LogP contribution is -2.68. The third kappa shape index (κ3) is 3.51. The third-order valence-electron chi connectivity index (χ3n) is 6.71. The molecule has 2 saturated heterocycles. The molecule has 0 aromatic heterocycles. The van der Waals surface area contributed by atoms with Gasteiger partial charge in [-0.2, -0.15) is 0 Å². The van der Waals surface area contributed by atoms with Crippen molar-refractivity contribution < 1.29 is 9.13 Å². The van der Waals surface area contributed by atoms with Gasteiger partial charge in [-0.25, -0.2) is 4.39 Å². The Labute approximate surface area is 171 Å². The molecule has 3 aliphatic rings. The van der Waals surface area contributed by atoms with Crippen LogP contribution in [0, 0.1) is 17.2 Å². The molecule has 2 aliphatic heterocycles. The van der Waals surface area contributed by atoms with Crippen molar-refractivity contribution in [2.45, 2.75) is 39.0 Å². The molecule has 0 radical (unpaired) electrons. The van der Waals surface area contributed by atoms with Gasteiger partial charge in [0.05, 0.1) is 6.10 Å². The summed E-state index contributed by atoms with van der Waals surface area (Å²) in [6.07, 6.45) is 1.49. The predicted octanol–water partition coefficient (Wildman–Crippen LogP) is 2.99. The van der Waals surface area contributed by atoms with Crippen LogP contribution in [0.2, 0.25) is 5.02 Å². The molecule has 1 N–H and O–H groups in total. The minimum atomic E-state index is -0.229. The van der Waals surface area contributed by atoms with Crippen LogP contribution in [-0.2, 0) is 11.3 Å². The number of hydrogen-bond donors (Lipinski definition) is 1. The van der Waals surface area contributed by atoms with E-state index in [-0.39, 0.29) is 11.2 Å². The molecular formula is C21H30ClFN4O. The van der Waals surface area contributed by atoms with Gasteiger partial charge in [-0.15, -0.1) is 0 Å². The Kier molecular flexibility index (Phi) is 5.55. The minimum Gasteiger partial charge on any atom is -0.377 e. The zero-order chi connectivity index (χ0) is 19.9. The quantitative estimate of drug-likeness (QED) is 0.616. The van der Waals surface area contributed by atoms with E-state index in [1.165, 1.54) is 6.07 Å². The Balaban J connectivity index is 1.34. The van der Waals surface area contributed by atoms with Crippen LogP contribution in [0.25, 0.3) is 0 Å². The highest BCUT2D eigenvalue weighted by molar-refractivity contribution is 6.31. The largest absolute Gasteiger partial charge is 0.377 e. The maximum atomic E-state index is 14.1. The Morgan fingerprint density at radius 1 is 1.32 bits per heavy atom. The van der Waals surface area contributed by atoms with Crippen LogP contribution in [0.1, 0.15) is 25.8 Å². The lowest BCUT2D eigenvalue weighted by molar-refractivity contribution is -0.107. The van der Waals surface area contributed by atoms with Crippen LogP contribution < -0.4 is 5.32 Å². The fraction of sp³-hybridized carbons (Fsp3) is 0.667. The monoisotopic (exact) mass is 408 g/mol. The van der Waals surface area contributed by atoms with Crippen molar-refractivity contribution >= 4 is 17.6 Å². The Morgan fingerprint density at radius 2 is 2.07 bits per heavy atom. The van der Waals surface area contributed by atoms with Gasteiger partial charge in [-0.05, 0) is 18.6 Å². The highest BCUT2D eigenvalue weighted by Crippen LogP contribution is 2.52. The fourth-order valence-corrected chi connectivity index (χ4v) is 5.30. The van der Waals surface area contributed by atoms with Crippen molar-refractivity contribution in [1.29, 1.82) is 0 Å². The minimum absolute atomic E-state index is 0.126. The second-order valence-corrected chi connectivity index (χ2v) is 9.11. The van der Waals surface area contributed by atoms with E-state index >= 15 is 0 Å². The Bertz CT molecular complexity index is 728. The first-order valence-electron chi connectivity index (χ1n) is 10.2. The maximum Gasteiger partial charge on any atom is 0.193 e. The van der Waals surface area contributed by atoms with Crippen LogP contribution in [0.5, 0.6) is 0 Å². The molecule has 0 amide bonds. The van der Waals surface area contributed by atoms with Crippen molar-refractivity contribution in [2.24, 2.45) is 16.3 Å². The van der Waals surface area contributed by atoms with Crippen LogP contribution in [0.15, 0.2) is 23.2 Å². The predicted molar refractivity (Wildman–Crippen MR) is 110 cm³/mol. The molecule has 0 spiro atoms. The molecule has 2 heterocycles. The number of piperazine rings is 1. The van der Waals surface area contributed by atoms with E-state index in [9.17, 15) is 4.39 Å². The van der Waals surface area contributed by atoms with Gasteiger partial charge >= 0.3 is 0 Å². The number of nitrogens with zero attached hydrogens (tertiary/aromatic N) is 3. The number of halogens is 2. The highest BCUT2D eigenvalue weighted by Gasteiger charge is 2.59. The summed E-state index contributed by atoms with van der Waals surface area (Å²) in [7, 11) is 1.85. The maximum absolute atomic E-state index is 14.1. The number of rotatable bonds is 3. The summed E-state index contributed by atoms with van der Waals surface area (Å²) in [4.78, 5) is 9.10. The molecule has 1 aliphatic carbocycles. The molecule has 28 heavy (non-hydrogen) atoms. The van der Waals surface area contributed by atoms with Crippen LogP contribution in [0.3, 0.4) is 0 Å². The molecule has 154 valence electrons. The number of ether oxygens (including phenoxy) is 1. The molecule has 0 bridgehead atoms. The summed E-state index contributed by atoms with van der Waals surface area (Å²) < 4.78 is 20.0. The molecule has 7 heteroatoms. The number of fused-ring (bicyclic) bond motifs is 1. The summed E-state index contributed by atoms with van der Waals surface area (Å²) >= 11 is 6.18. The standard InChI is InChI=1S/C21H30ClFN4O/c1-21(2)18(14-7-12-28-19(14)21)25-20(24-3)27-10-8-26(9-11-27)13-15-16(22)5-4-6-17(15)23/h4-6,14,18-19H,7-13H2,1-3H3,(H,24,25). The first-order valence-corrected chi connectivity index (χ1v) is 10.5. The van der Waals surface area contributed by atoms with Gasteiger partial charge in [0.15, 0.2) is 5.96 Å². The highest BCUT2D eigenvalue weighted by atomic mass is 35.5. The normalized spacial score (nSPS) is 30.1. The number of nitrogens with one attached hydrogen (secondary N) is 1. The topological polar surface area (TPSA) is 40.1 Å². The van der Waals surface area contributed by atoms with Crippen LogP contribution in [0.4, 0.5) is 4.39 Å². The van der Waals surface area contributed by atoms with Gasteiger partial charge in [0.2, 0.25) is 0 Å². The smallest absolute Gasteiger partial charge is 0.193 e. The second kappa shape index (κ2) is 7.81. The molecule has 1 aromatic rings. The van der Waals surface area contributed by atoms with Crippen molar-refractivity contribution in [3.63, 3.8) is 0 Å². The average molecular weight is 409 g/mol. The van der Waals surface area contributed by atoms with Crippen LogP contribution in [-0.4, -0.2) is 67.7 Å². The number of guanidine groups is 1. The fourth-order valence-electron chi connectivity index (χ4n) is 5.08. The van der Waals surface area contributed by atoms with Crippen molar-refractivity contribution in [1.82, 2.24) is 15.1 Å². The van der Waals surface area contributed by atoms with E-state index in [2.05, 4.69) is 34.0 Å². The number of hydrogen-bond acceptors (Lipinski definition) is 3. The van der Waals surface area contributed by atoms with Gasteiger partial charge in [0.25, 0.3) is 0 Å². The number of aliphatic imine (C=N–C) groups is 1. The Morgan fingerprint density at radius 3 is 2.75 bits per heavy atom. The molecule has 3 atom stereocenters. The van der Waals surface area contributed by atoms with Gasteiger partial charge in [0, 0.05) is 74.3 Å². The van der Waals surface area contributed by atoms with E-state index in [0.29, 0.717) is 35.2 Å². The zero-order valence-electron chi connectivity index (χ0n) is 16.9. The molecular weight excluding hydrogens is 379 g/mol. The molecule has 3 fully saturated rings. The van der Waals surface area contributed by atoms with E-state index < -0.39 is 0 Å². The number of benzene rings is 1. The lowest BCUT2D eigenvalue weighted by Gasteiger charge is -2.55. The summed E-state index contributed by atoms with van der Waals surface area (Å²) in [6, 6.07) is 5.27. The first kappa shape index (κ1) is 19.9. The van der Waals surface area contributed by atoms with E-state index in [4.69, 9.17) is 16.3 Å². The van der Waals surface area contributed by atoms with Crippen molar-refractivity contribution in [3.05, 3.63) is 34.6 Å². The van der Waals surface area contributed by atoms with E-state index in [1.54, 1.807) is 12.1 Å². The summed E-state index contributed by atoms with van der Waals surface area (Å²) in [6.45, 7) is 9.41. The van der Waals surface area contributed by atoms with Gasteiger partial charge < -0.3 is 15.0 Å². The SMILES string of the molecule is CN=C(NC1C2CCOC2C1(C)C)N1CCN(Cc2c(F)cccc2Cl)CC1. The molecule has 5 nitrogen and oxygen atoms in total. The molecule has 4 rings (SSSR count). The van der Waals surface area contributed by atoms with Crippen LogP contribution >= 0.6 is 11.6 Å². The van der Waals surface area contributed by atoms with E-state index in [0.717, 1.165) is 45.2 Å². The second-order valence-electron chi connectivity index (χ2n) is 8.70. The first-order chi connectivity index (χ1) is 13.4. The zero-order valence-corrected chi connectivity index (χ0v) is 17.7. The molecule has 1 saturated carbocycles. The molecule has 3 unspecified atom stereocenters. The molecule has 1 aromatic carbocycles. The summed E-state index contributed by atoms with van der Waals surface area (Å²) in [5, 5.41) is 4.21. The van der Waals surface area contributed by atoms with Gasteiger partial charge in [0.1, 0.15) is 5.82 Å². The third-order valence-corrected chi connectivity index (χ3v) is 7.07. The lowest BCUT2D eigenvalue weighted by atomic mass is 9.57. The van der Waals surface area contributed by atoms with Crippen molar-refractivity contribution in [3.8, 4) is 0 Å². The van der Waals surface area contributed by atoms with Gasteiger partial charge in [-0.1, -0.05) is 31.5 Å². The summed E-state index contributed by atoms with van der Waals surface area (Å²) in [5.74, 6) is 1.32. The average Bonchev–Trinajstić information content (AvgIpc) is 3.13. The van der Waals surface area contributed by atoms with Crippen molar-refractivity contribution in [2.75, 3.05) is 39.8 Å². The Hall–Kier alpha value is -1.37. The summed E-state index contributed by atoms with van der Waals surface area (Å²) in [5.41, 5.74) is 0.712.